The topological polar surface area (TPSA) is 66.0 Å². The maximum absolute atomic E-state index is 13.4. The average Bonchev–Trinajstić information content (AvgIpc) is 2.87. The monoisotopic (exact) mass is 481 g/mol. The molecule has 0 radical (unpaired) electrons. The van der Waals surface area contributed by atoms with E-state index in [-0.39, 0.29) is 0 Å². The third-order valence-electron chi connectivity index (χ3n) is 5.03. The third-order valence-corrected chi connectivity index (χ3v) is 5.03. The molecular formula is C27H25F2NO5. The summed E-state index contributed by atoms with van der Waals surface area (Å²) in [7, 11) is 6.15. The highest BCUT2D eigenvalue weighted by Crippen LogP contribution is 2.38. The van der Waals surface area contributed by atoms with Crippen LogP contribution in [0.3, 0.4) is 0 Å². The largest absolute Gasteiger partial charge is 0.497 e. The van der Waals surface area contributed by atoms with Gasteiger partial charge in [0.25, 0.3) is 0 Å². The summed E-state index contributed by atoms with van der Waals surface area (Å²) in [5.41, 5.74) is 2.33. The van der Waals surface area contributed by atoms with Gasteiger partial charge in [-0.3, -0.25) is 4.79 Å². The van der Waals surface area contributed by atoms with Crippen LogP contribution in [-0.2, 0) is 4.79 Å². The number of rotatable bonds is 9. The Morgan fingerprint density at radius 1 is 0.743 bits per heavy atom. The van der Waals surface area contributed by atoms with E-state index < -0.39 is 17.5 Å². The maximum atomic E-state index is 13.4. The van der Waals surface area contributed by atoms with Crippen LogP contribution < -0.4 is 24.3 Å². The molecule has 0 spiro atoms. The molecule has 3 aromatic carbocycles. The van der Waals surface area contributed by atoms with Gasteiger partial charge in [-0.1, -0.05) is 18.2 Å². The summed E-state index contributed by atoms with van der Waals surface area (Å²) in [5, 5.41) is 2.79. The number of amides is 1. The van der Waals surface area contributed by atoms with Gasteiger partial charge in [-0.25, -0.2) is 8.78 Å². The Bertz CT molecular complexity index is 1250. The summed E-state index contributed by atoms with van der Waals surface area (Å²) in [5.74, 6) is -0.280. The van der Waals surface area contributed by atoms with Crippen LogP contribution in [0.4, 0.5) is 14.5 Å². The van der Waals surface area contributed by atoms with Crippen molar-refractivity contribution in [1.82, 2.24) is 0 Å². The van der Waals surface area contributed by atoms with Gasteiger partial charge < -0.3 is 24.3 Å². The second kappa shape index (κ2) is 11.7. The number of anilines is 1. The molecule has 0 unspecified atom stereocenters. The Morgan fingerprint density at radius 2 is 1.46 bits per heavy atom. The van der Waals surface area contributed by atoms with Crippen molar-refractivity contribution < 1.29 is 32.5 Å². The molecule has 35 heavy (non-hydrogen) atoms. The Balaban J connectivity index is 1.87. The van der Waals surface area contributed by atoms with E-state index in [9.17, 15) is 13.6 Å². The van der Waals surface area contributed by atoms with Gasteiger partial charge in [0, 0.05) is 17.3 Å². The fraction of sp³-hybridized carbons (Fsp3) is 0.148. The molecule has 8 heteroatoms. The van der Waals surface area contributed by atoms with Crippen LogP contribution in [0.1, 0.15) is 16.7 Å². The molecule has 0 aliphatic heterocycles. The van der Waals surface area contributed by atoms with Crippen molar-refractivity contribution in [2.24, 2.45) is 0 Å². The van der Waals surface area contributed by atoms with E-state index in [1.807, 2.05) is 6.08 Å². The highest BCUT2D eigenvalue weighted by atomic mass is 19.2. The Kier molecular flexibility index (Phi) is 8.45. The minimum atomic E-state index is -0.984. The zero-order valence-corrected chi connectivity index (χ0v) is 19.7. The first-order valence-electron chi connectivity index (χ1n) is 10.5. The summed E-state index contributed by atoms with van der Waals surface area (Å²) in [6.45, 7) is 0. The van der Waals surface area contributed by atoms with Gasteiger partial charge in [0.15, 0.2) is 23.1 Å². The molecule has 1 N–H and O–H groups in total. The Morgan fingerprint density at radius 3 is 2.06 bits per heavy atom. The van der Waals surface area contributed by atoms with Crippen molar-refractivity contribution in [1.29, 1.82) is 0 Å². The van der Waals surface area contributed by atoms with Gasteiger partial charge in [0.1, 0.15) is 5.75 Å². The minimum absolute atomic E-state index is 0.358. The fourth-order valence-corrected chi connectivity index (χ4v) is 3.27. The lowest BCUT2D eigenvalue weighted by molar-refractivity contribution is -0.111. The van der Waals surface area contributed by atoms with E-state index in [2.05, 4.69) is 5.32 Å². The van der Waals surface area contributed by atoms with Gasteiger partial charge in [0.2, 0.25) is 11.7 Å². The number of ether oxygens (including phenoxy) is 4. The minimum Gasteiger partial charge on any atom is -0.497 e. The van der Waals surface area contributed by atoms with Gasteiger partial charge in [0.05, 0.1) is 28.4 Å². The fourth-order valence-electron chi connectivity index (χ4n) is 3.27. The highest BCUT2D eigenvalue weighted by Gasteiger charge is 2.12. The van der Waals surface area contributed by atoms with Crippen LogP contribution in [0, 0.1) is 11.6 Å². The summed E-state index contributed by atoms with van der Waals surface area (Å²) in [6, 6.07) is 12.2. The van der Waals surface area contributed by atoms with Gasteiger partial charge in [-0.2, -0.15) is 0 Å². The van der Waals surface area contributed by atoms with E-state index in [1.165, 1.54) is 39.5 Å². The van der Waals surface area contributed by atoms with Crippen LogP contribution in [-0.4, -0.2) is 34.3 Å². The molecule has 1 amide bonds. The first-order chi connectivity index (χ1) is 16.9. The lowest BCUT2D eigenvalue weighted by atomic mass is 10.1. The molecule has 0 atom stereocenters. The lowest BCUT2D eigenvalue weighted by Gasteiger charge is -2.13. The molecule has 3 rings (SSSR count). The molecule has 0 fully saturated rings. The van der Waals surface area contributed by atoms with Gasteiger partial charge in [-0.15, -0.1) is 0 Å². The van der Waals surface area contributed by atoms with E-state index in [0.29, 0.717) is 39.8 Å². The third kappa shape index (κ3) is 6.38. The summed E-state index contributed by atoms with van der Waals surface area (Å²) >= 11 is 0. The van der Waals surface area contributed by atoms with Crippen LogP contribution in [0.2, 0.25) is 0 Å². The van der Waals surface area contributed by atoms with Crippen molar-refractivity contribution in [3.8, 4) is 23.0 Å². The maximum Gasteiger partial charge on any atom is 0.248 e. The SMILES string of the molecule is COc1ccc(NC(=O)/C=C/c2ccc(F)c(F)c2)c(/C=C/c2cc(OC)c(OC)c(OC)c2)c1. The standard InChI is InChI=1S/C27H25F2NO5/c1-32-20-9-11-23(30-26(31)12-7-17-6-10-21(28)22(29)13-17)19(16-20)8-5-18-14-24(33-2)27(35-4)25(15-18)34-3/h5-16H,1-4H3,(H,30,31)/b8-5+,12-7+. The molecule has 0 saturated carbocycles. The zero-order chi connectivity index (χ0) is 25.4. The summed E-state index contributed by atoms with van der Waals surface area (Å²) in [6.07, 6.45) is 6.26. The predicted molar refractivity (Wildman–Crippen MR) is 132 cm³/mol. The molecule has 0 saturated heterocycles. The van der Waals surface area contributed by atoms with Crippen molar-refractivity contribution >= 4 is 29.8 Å². The number of carbonyl (C=O) groups is 1. The molecular weight excluding hydrogens is 456 g/mol. The van der Waals surface area contributed by atoms with Crippen LogP contribution in [0.15, 0.2) is 54.6 Å². The van der Waals surface area contributed by atoms with Gasteiger partial charge >= 0.3 is 0 Å². The van der Waals surface area contributed by atoms with Crippen molar-refractivity contribution in [3.63, 3.8) is 0 Å². The van der Waals surface area contributed by atoms with Crippen molar-refractivity contribution in [3.05, 3.63) is 82.9 Å². The summed E-state index contributed by atoms with van der Waals surface area (Å²) in [4.78, 5) is 12.5. The molecule has 0 aromatic heterocycles. The number of halogens is 2. The number of benzene rings is 3. The molecule has 0 aliphatic carbocycles. The second-order valence-electron chi connectivity index (χ2n) is 7.24. The number of methoxy groups -OCH3 is 4. The molecule has 0 aliphatic rings. The zero-order valence-electron chi connectivity index (χ0n) is 19.7. The predicted octanol–water partition coefficient (Wildman–Crippen LogP) is 5.82. The van der Waals surface area contributed by atoms with E-state index in [1.54, 1.807) is 43.5 Å². The average molecular weight is 481 g/mol. The quantitative estimate of drug-likeness (QED) is 0.308. The number of carbonyl (C=O) groups excluding carboxylic acids is 1. The molecule has 3 aromatic rings. The number of hydrogen-bond acceptors (Lipinski definition) is 5. The first kappa shape index (κ1) is 25.3. The first-order valence-corrected chi connectivity index (χ1v) is 10.5. The van der Waals surface area contributed by atoms with Crippen LogP contribution in [0.25, 0.3) is 18.2 Å². The number of hydrogen-bond donors (Lipinski definition) is 1. The van der Waals surface area contributed by atoms with E-state index >= 15 is 0 Å². The van der Waals surface area contributed by atoms with Crippen molar-refractivity contribution in [2.45, 2.75) is 0 Å². The normalized spacial score (nSPS) is 11.0. The Hall–Kier alpha value is -4.33. The second-order valence-corrected chi connectivity index (χ2v) is 7.24. The smallest absolute Gasteiger partial charge is 0.248 e. The van der Waals surface area contributed by atoms with E-state index in [0.717, 1.165) is 17.7 Å². The molecule has 0 heterocycles. The number of nitrogens with one attached hydrogen (secondary N) is 1. The Labute approximate surface area is 202 Å². The molecule has 182 valence electrons. The van der Waals surface area contributed by atoms with Gasteiger partial charge in [-0.05, 0) is 59.7 Å². The van der Waals surface area contributed by atoms with Crippen LogP contribution in [0.5, 0.6) is 23.0 Å². The highest BCUT2D eigenvalue weighted by molar-refractivity contribution is 6.03. The lowest BCUT2D eigenvalue weighted by Crippen LogP contribution is -2.09. The summed E-state index contributed by atoms with van der Waals surface area (Å²) < 4.78 is 47.9. The van der Waals surface area contributed by atoms with Crippen LogP contribution >= 0.6 is 0 Å². The van der Waals surface area contributed by atoms with Crippen molar-refractivity contribution in [2.75, 3.05) is 33.8 Å². The molecule has 0 bridgehead atoms. The molecule has 6 nitrogen and oxygen atoms in total. The van der Waals surface area contributed by atoms with E-state index in [4.69, 9.17) is 18.9 Å².